The number of benzene rings is 2. The van der Waals surface area contributed by atoms with Crippen LogP contribution >= 0.6 is 0 Å². The van der Waals surface area contributed by atoms with Crippen molar-refractivity contribution in [1.82, 2.24) is 4.90 Å². The lowest BCUT2D eigenvalue weighted by Gasteiger charge is -2.45. The Kier molecular flexibility index (Phi) is 3.08. The molecule has 1 amide bonds. The minimum Gasteiger partial charge on any atom is -0.328 e. The van der Waals surface area contributed by atoms with Crippen LogP contribution < -0.4 is 0 Å². The Balaban J connectivity index is 1.85. The third kappa shape index (κ3) is 2.14. The topological polar surface area (TPSA) is 20.3 Å². The molecule has 2 atom stereocenters. The Morgan fingerprint density at radius 2 is 1.58 bits per heavy atom. The van der Waals surface area contributed by atoms with Crippen molar-refractivity contribution >= 4 is 5.91 Å². The molecule has 2 nitrogen and oxygen atoms in total. The van der Waals surface area contributed by atoms with Crippen LogP contribution in [0.5, 0.6) is 0 Å². The number of amides is 1. The number of β-lactam (4-membered cyclic amide) rings is 1. The van der Waals surface area contributed by atoms with Crippen molar-refractivity contribution in [2.45, 2.75) is 25.4 Å². The monoisotopic (exact) mass is 251 g/mol. The van der Waals surface area contributed by atoms with E-state index in [1.165, 1.54) is 11.1 Å². The number of likely N-dealkylation sites (tertiary alicyclic amines) is 1. The van der Waals surface area contributed by atoms with Crippen molar-refractivity contribution < 1.29 is 4.79 Å². The number of carbonyl (C=O) groups is 1. The van der Waals surface area contributed by atoms with E-state index >= 15 is 0 Å². The number of carbonyl (C=O) groups excluding carboxylic acids is 1. The second-order valence-corrected chi connectivity index (χ2v) is 5.02. The lowest BCUT2D eigenvalue weighted by molar-refractivity contribution is -0.150. The molecular weight excluding hydrogens is 234 g/mol. The molecule has 0 N–H and O–H groups in total. The van der Waals surface area contributed by atoms with Gasteiger partial charge < -0.3 is 4.90 Å². The Morgan fingerprint density at radius 3 is 2.16 bits per heavy atom. The minimum absolute atomic E-state index is 0.132. The summed E-state index contributed by atoms with van der Waals surface area (Å²) < 4.78 is 0. The van der Waals surface area contributed by atoms with E-state index in [9.17, 15) is 4.79 Å². The summed E-state index contributed by atoms with van der Waals surface area (Å²) in [6, 6.07) is 20.8. The molecule has 1 fully saturated rings. The summed E-state index contributed by atoms with van der Waals surface area (Å²) in [7, 11) is 0. The molecule has 3 rings (SSSR count). The Hall–Kier alpha value is -2.09. The highest BCUT2D eigenvalue weighted by Gasteiger charge is 2.40. The van der Waals surface area contributed by atoms with Gasteiger partial charge in [-0.05, 0) is 18.1 Å². The van der Waals surface area contributed by atoms with E-state index < -0.39 is 0 Å². The Labute approximate surface area is 113 Å². The largest absolute Gasteiger partial charge is 0.328 e. The zero-order valence-corrected chi connectivity index (χ0v) is 11.0. The molecule has 1 aliphatic heterocycles. The van der Waals surface area contributed by atoms with Crippen LogP contribution in [-0.4, -0.2) is 10.8 Å². The van der Waals surface area contributed by atoms with Crippen LogP contribution in [0.4, 0.5) is 0 Å². The van der Waals surface area contributed by atoms with Crippen LogP contribution in [0.15, 0.2) is 60.7 Å². The highest BCUT2D eigenvalue weighted by Crippen LogP contribution is 2.40. The molecule has 1 saturated heterocycles. The fraction of sp³-hybridized carbons (Fsp3) is 0.235. The van der Waals surface area contributed by atoms with Crippen molar-refractivity contribution in [1.29, 1.82) is 0 Å². The van der Waals surface area contributed by atoms with Crippen LogP contribution in [0.2, 0.25) is 0 Å². The lowest BCUT2D eigenvalue weighted by Crippen LogP contribution is -2.47. The summed E-state index contributed by atoms with van der Waals surface area (Å²) in [4.78, 5) is 13.9. The predicted molar refractivity (Wildman–Crippen MR) is 75.5 cm³/mol. The smallest absolute Gasteiger partial charge is 0.226 e. The van der Waals surface area contributed by atoms with E-state index in [2.05, 4.69) is 31.2 Å². The zero-order chi connectivity index (χ0) is 13.2. The van der Waals surface area contributed by atoms with Gasteiger partial charge in [-0.25, -0.2) is 0 Å². The molecule has 1 unspecified atom stereocenters. The van der Waals surface area contributed by atoms with Gasteiger partial charge in [-0.15, -0.1) is 0 Å². The van der Waals surface area contributed by atoms with Gasteiger partial charge in [0.15, 0.2) is 0 Å². The fourth-order valence-corrected chi connectivity index (χ4v) is 2.76. The highest BCUT2D eigenvalue weighted by atomic mass is 16.2. The highest BCUT2D eigenvalue weighted by molar-refractivity contribution is 5.84. The van der Waals surface area contributed by atoms with E-state index in [0.29, 0.717) is 6.42 Å². The van der Waals surface area contributed by atoms with Gasteiger partial charge in [0.2, 0.25) is 5.91 Å². The molecule has 0 aliphatic carbocycles. The summed E-state index contributed by atoms with van der Waals surface area (Å²) in [5, 5.41) is 0. The van der Waals surface area contributed by atoms with Gasteiger partial charge in [-0.2, -0.15) is 0 Å². The quantitative estimate of drug-likeness (QED) is 0.761. The number of nitrogens with zero attached hydrogens (tertiary/aromatic N) is 1. The van der Waals surface area contributed by atoms with Crippen molar-refractivity contribution in [2.75, 3.05) is 0 Å². The van der Waals surface area contributed by atoms with Gasteiger partial charge in [0.05, 0.1) is 18.5 Å². The predicted octanol–water partition coefficient (Wildman–Crippen LogP) is 3.72. The summed E-state index contributed by atoms with van der Waals surface area (Å²) >= 11 is 0. The van der Waals surface area contributed by atoms with Crippen molar-refractivity contribution in [2.24, 2.45) is 0 Å². The van der Waals surface area contributed by atoms with Gasteiger partial charge in [0.1, 0.15) is 0 Å². The molecular formula is C17H17NO. The van der Waals surface area contributed by atoms with E-state index in [4.69, 9.17) is 0 Å². The summed E-state index contributed by atoms with van der Waals surface area (Å²) in [5.41, 5.74) is 2.42. The molecule has 1 aliphatic rings. The maximum Gasteiger partial charge on any atom is 0.226 e. The zero-order valence-electron chi connectivity index (χ0n) is 11.0. The van der Waals surface area contributed by atoms with E-state index in [1.807, 2.05) is 41.3 Å². The minimum atomic E-state index is 0.132. The molecule has 2 heteroatoms. The summed E-state index contributed by atoms with van der Waals surface area (Å²) in [6.45, 7) is 2.10. The second-order valence-electron chi connectivity index (χ2n) is 5.02. The average molecular weight is 251 g/mol. The first-order chi connectivity index (χ1) is 9.27. The van der Waals surface area contributed by atoms with Crippen LogP contribution in [0, 0.1) is 0 Å². The Bertz CT molecular complexity index is 523. The van der Waals surface area contributed by atoms with Gasteiger partial charge >= 0.3 is 0 Å². The molecule has 2 aromatic rings. The first-order valence-corrected chi connectivity index (χ1v) is 6.68. The molecule has 2 aromatic carbocycles. The van der Waals surface area contributed by atoms with Gasteiger partial charge in [-0.1, -0.05) is 60.7 Å². The first-order valence-electron chi connectivity index (χ1n) is 6.68. The molecule has 0 bridgehead atoms. The van der Waals surface area contributed by atoms with Crippen molar-refractivity contribution in [3.05, 3.63) is 71.8 Å². The molecule has 0 radical (unpaired) electrons. The number of hydrogen-bond donors (Lipinski definition) is 0. The summed E-state index contributed by atoms with van der Waals surface area (Å²) in [6.07, 6.45) is 0.626. The van der Waals surface area contributed by atoms with Gasteiger partial charge in [-0.3, -0.25) is 4.79 Å². The van der Waals surface area contributed by atoms with Crippen LogP contribution in [0.3, 0.4) is 0 Å². The Morgan fingerprint density at radius 1 is 1.00 bits per heavy atom. The standard InChI is InChI=1S/C17H17NO/c1-13(14-8-4-2-5-9-14)18-16(12-17(18)19)15-10-6-3-7-11-15/h2-11,13,16H,12H2,1H3/t13-,16?/m1/s1. The van der Waals surface area contributed by atoms with Crippen LogP contribution in [0.1, 0.15) is 36.6 Å². The van der Waals surface area contributed by atoms with E-state index in [-0.39, 0.29) is 18.0 Å². The number of rotatable bonds is 3. The molecule has 0 spiro atoms. The maximum absolute atomic E-state index is 12.0. The molecule has 0 aromatic heterocycles. The number of hydrogen-bond acceptors (Lipinski definition) is 1. The normalized spacial score (nSPS) is 19.9. The van der Waals surface area contributed by atoms with Crippen molar-refractivity contribution in [3.63, 3.8) is 0 Å². The lowest BCUT2D eigenvalue weighted by atomic mass is 9.90. The third-order valence-corrected chi connectivity index (χ3v) is 3.88. The van der Waals surface area contributed by atoms with Crippen LogP contribution in [-0.2, 0) is 4.79 Å². The second kappa shape index (κ2) is 4.88. The molecule has 96 valence electrons. The van der Waals surface area contributed by atoms with Crippen molar-refractivity contribution in [3.8, 4) is 0 Å². The first kappa shape index (κ1) is 12.0. The fourth-order valence-electron chi connectivity index (χ4n) is 2.76. The van der Waals surface area contributed by atoms with Crippen LogP contribution in [0.25, 0.3) is 0 Å². The van der Waals surface area contributed by atoms with Gasteiger partial charge in [0, 0.05) is 0 Å². The van der Waals surface area contributed by atoms with Gasteiger partial charge in [0.25, 0.3) is 0 Å². The maximum atomic E-state index is 12.0. The SMILES string of the molecule is C[C@H](c1ccccc1)N1C(=O)CC1c1ccccc1. The third-order valence-electron chi connectivity index (χ3n) is 3.88. The molecule has 19 heavy (non-hydrogen) atoms. The summed E-state index contributed by atoms with van der Waals surface area (Å²) in [5.74, 6) is 0.241. The average Bonchev–Trinajstić information content (AvgIpc) is 2.46. The molecule has 1 heterocycles. The molecule has 0 saturated carbocycles. The van der Waals surface area contributed by atoms with E-state index in [0.717, 1.165) is 0 Å². The van der Waals surface area contributed by atoms with E-state index in [1.54, 1.807) is 0 Å².